The lowest BCUT2D eigenvalue weighted by molar-refractivity contribution is -0.147. The van der Waals surface area contributed by atoms with Crippen LogP contribution in [0.2, 0.25) is 0 Å². The molecule has 0 bridgehead atoms. The van der Waals surface area contributed by atoms with Crippen molar-refractivity contribution in [2.45, 2.75) is 57.8 Å². The molecule has 44 heavy (non-hydrogen) atoms. The molecule has 3 aromatic carbocycles. The summed E-state index contributed by atoms with van der Waals surface area (Å²) < 4.78 is 10.1. The number of benzene rings is 3. The van der Waals surface area contributed by atoms with Gasteiger partial charge in [-0.05, 0) is 29.0 Å². The molecular formula is C34H39N3O7. The highest BCUT2D eigenvalue weighted by molar-refractivity contribution is 6.38. The lowest BCUT2D eigenvalue weighted by atomic mass is 9.99. The average molecular weight is 602 g/mol. The van der Waals surface area contributed by atoms with Gasteiger partial charge in [0.2, 0.25) is 11.7 Å². The van der Waals surface area contributed by atoms with Crippen molar-refractivity contribution in [2.24, 2.45) is 5.92 Å². The third-order valence-electron chi connectivity index (χ3n) is 6.74. The van der Waals surface area contributed by atoms with Gasteiger partial charge in [-0.2, -0.15) is 0 Å². The van der Waals surface area contributed by atoms with Gasteiger partial charge in [-0.3, -0.25) is 14.4 Å². The Hall–Kier alpha value is -4.99. The quantitative estimate of drug-likeness (QED) is 0.179. The molecule has 3 amide bonds. The molecule has 0 aromatic heterocycles. The Morgan fingerprint density at radius 2 is 1.14 bits per heavy atom. The number of methoxy groups -OCH3 is 1. The van der Waals surface area contributed by atoms with Crippen molar-refractivity contribution in [3.8, 4) is 0 Å². The zero-order valence-corrected chi connectivity index (χ0v) is 25.2. The van der Waals surface area contributed by atoms with Gasteiger partial charge in [-0.25, -0.2) is 9.59 Å². The first-order chi connectivity index (χ1) is 21.2. The number of hydrogen-bond acceptors (Lipinski definition) is 7. The van der Waals surface area contributed by atoms with Crippen molar-refractivity contribution in [1.82, 2.24) is 16.0 Å². The summed E-state index contributed by atoms with van der Waals surface area (Å²) in [6.07, 6.45) is -0.423. The summed E-state index contributed by atoms with van der Waals surface area (Å²) in [5.74, 6) is -3.35. The molecule has 0 aliphatic heterocycles. The van der Waals surface area contributed by atoms with Gasteiger partial charge in [0.15, 0.2) is 0 Å². The minimum absolute atomic E-state index is 0.00514. The second-order valence-corrected chi connectivity index (χ2v) is 10.7. The molecule has 3 N–H and O–H groups in total. The van der Waals surface area contributed by atoms with Crippen molar-refractivity contribution in [3.63, 3.8) is 0 Å². The maximum Gasteiger partial charge on any atom is 0.408 e. The normalized spacial score (nSPS) is 12.7. The highest BCUT2D eigenvalue weighted by atomic mass is 16.5. The van der Waals surface area contributed by atoms with Crippen LogP contribution < -0.4 is 16.0 Å². The number of Topliss-reactive ketones (excluding diaryl/α,β-unsaturated/α-hetero) is 1. The molecule has 0 heterocycles. The molecule has 1 unspecified atom stereocenters. The number of rotatable bonds is 15. The first-order valence-corrected chi connectivity index (χ1v) is 14.4. The molecule has 232 valence electrons. The molecule has 0 aliphatic carbocycles. The number of carbonyl (C=O) groups excluding carboxylic acids is 5. The summed E-state index contributed by atoms with van der Waals surface area (Å²) in [6, 6.07) is 23.5. The van der Waals surface area contributed by atoms with Crippen molar-refractivity contribution in [1.29, 1.82) is 0 Å². The van der Waals surface area contributed by atoms with Crippen LogP contribution in [0, 0.1) is 5.92 Å². The van der Waals surface area contributed by atoms with Gasteiger partial charge in [0.25, 0.3) is 5.91 Å². The molecule has 0 aliphatic rings. The summed E-state index contributed by atoms with van der Waals surface area (Å²) in [6.45, 7) is 3.79. The minimum atomic E-state index is -1.28. The van der Waals surface area contributed by atoms with Crippen molar-refractivity contribution >= 4 is 29.7 Å². The first-order valence-electron chi connectivity index (χ1n) is 14.4. The molecule has 0 spiro atoms. The Balaban J connectivity index is 1.75. The Kier molecular flexibility index (Phi) is 13.1. The van der Waals surface area contributed by atoms with E-state index in [1.54, 1.807) is 66.7 Å². The van der Waals surface area contributed by atoms with Crippen LogP contribution in [0.1, 0.15) is 37.0 Å². The fourth-order valence-corrected chi connectivity index (χ4v) is 4.51. The second kappa shape index (κ2) is 17.2. The van der Waals surface area contributed by atoms with Gasteiger partial charge in [0.05, 0.1) is 7.11 Å². The van der Waals surface area contributed by atoms with Gasteiger partial charge in [0, 0.05) is 12.8 Å². The molecule has 10 nitrogen and oxygen atoms in total. The monoisotopic (exact) mass is 601 g/mol. The predicted molar refractivity (Wildman–Crippen MR) is 164 cm³/mol. The van der Waals surface area contributed by atoms with Crippen LogP contribution in [-0.2, 0) is 48.1 Å². The predicted octanol–water partition coefficient (Wildman–Crippen LogP) is 3.52. The summed E-state index contributed by atoms with van der Waals surface area (Å²) >= 11 is 0. The molecule has 10 heteroatoms. The molecular weight excluding hydrogens is 562 g/mol. The third kappa shape index (κ3) is 11.0. The fraction of sp³-hybridized carbons (Fsp3) is 0.324. The second-order valence-electron chi connectivity index (χ2n) is 10.7. The molecule has 0 radical (unpaired) electrons. The zero-order chi connectivity index (χ0) is 31.9. The Morgan fingerprint density at radius 1 is 0.636 bits per heavy atom. The van der Waals surface area contributed by atoms with Crippen molar-refractivity contribution in [3.05, 3.63) is 108 Å². The highest BCUT2D eigenvalue weighted by Gasteiger charge is 2.33. The first kappa shape index (κ1) is 33.5. The van der Waals surface area contributed by atoms with Gasteiger partial charge in [-0.15, -0.1) is 0 Å². The van der Waals surface area contributed by atoms with Gasteiger partial charge >= 0.3 is 12.1 Å². The highest BCUT2D eigenvalue weighted by Crippen LogP contribution is 2.11. The molecule has 3 rings (SSSR count). The maximum absolute atomic E-state index is 13.5. The lowest BCUT2D eigenvalue weighted by Crippen LogP contribution is -2.56. The van der Waals surface area contributed by atoms with E-state index >= 15 is 0 Å². The molecule has 0 saturated carbocycles. The van der Waals surface area contributed by atoms with Gasteiger partial charge in [0.1, 0.15) is 24.7 Å². The van der Waals surface area contributed by atoms with E-state index in [9.17, 15) is 24.0 Å². The van der Waals surface area contributed by atoms with E-state index in [-0.39, 0.29) is 31.8 Å². The number of carbonyl (C=O) groups is 5. The standard InChI is InChI=1S/C34H39N3O7/c1-23(2)19-28(37-34(42)44-22-26-17-11-6-12-18-26)31(39)35-27(20-24-13-7-4-8-14-24)30(38)32(40)36-29(33(41)43-3)21-25-15-9-5-10-16-25/h4-18,23,27-29H,19-22H2,1-3H3,(H,35,39)(H,36,40)(H,37,42)/t27-,28?,29+/m0/s1. The lowest BCUT2D eigenvalue weighted by Gasteiger charge is -2.24. The molecule has 0 saturated heterocycles. The number of amides is 3. The van der Waals surface area contributed by atoms with Crippen LogP contribution >= 0.6 is 0 Å². The fourth-order valence-electron chi connectivity index (χ4n) is 4.51. The van der Waals surface area contributed by atoms with Crippen molar-refractivity contribution < 1.29 is 33.4 Å². The van der Waals surface area contributed by atoms with E-state index in [4.69, 9.17) is 9.47 Å². The largest absolute Gasteiger partial charge is 0.467 e. The van der Waals surface area contributed by atoms with Crippen LogP contribution in [0.25, 0.3) is 0 Å². The molecule has 3 aromatic rings. The van der Waals surface area contributed by atoms with Crippen LogP contribution in [0.5, 0.6) is 0 Å². The summed E-state index contributed by atoms with van der Waals surface area (Å²) in [7, 11) is 1.19. The Labute approximate surface area is 257 Å². The average Bonchev–Trinajstić information content (AvgIpc) is 3.03. The van der Waals surface area contributed by atoms with Crippen molar-refractivity contribution in [2.75, 3.05) is 7.11 Å². The summed E-state index contributed by atoms with van der Waals surface area (Å²) in [5, 5.41) is 7.73. The van der Waals surface area contributed by atoms with Crippen LogP contribution in [0.3, 0.4) is 0 Å². The van der Waals surface area contributed by atoms with E-state index in [1.165, 1.54) is 7.11 Å². The number of ether oxygens (including phenoxy) is 2. The minimum Gasteiger partial charge on any atom is -0.467 e. The number of nitrogens with one attached hydrogen (secondary N) is 3. The maximum atomic E-state index is 13.5. The third-order valence-corrected chi connectivity index (χ3v) is 6.74. The number of ketones is 1. The smallest absolute Gasteiger partial charge is 0.408 e. The summed E-state index contributed by atoms with van der Waals surface area (Å²) in [5.41, 5.74) is 2.24. The SMILES string of the molecule is COC(=O)[C@@H](Cc1ccccc1)NC(=O)C(=O)[C@H](Cc1ccccc1)NC(=O)C(CC(C)C)NC(=O)OCc1ccccc1. The number of hydrogen-bond donors (Lipinski definition) is 3. The van der Waals surface area contributed by atoms with Gasteiger partial charge < -0.3 is 25.4 Å². The van der Waals surface area contributed by atoms with E-state index < -0.39 is 47.8 Å². The zero-order valence-electron chi connectivity index (χ0n) is 25.2. The van der Waals surface area contributed by atoms with Gasteiger partial charge in [-0.1, -0.05) is 105 Å². The van der Waals surface area contributed by atoms with E-state index in [0.717, 1.165) is 11.1 Å². The molecule has 0 fully saturated rings. The van der Waals surface area contributed by atoms with Crippen LogP contribution in [-0.4, -0.2) is 54.9 Å². The topological polar surface area (TPSA) is 140 Å². The van der Waals surface area contributed by atoms with E-state index in [2.05, 4.69) is 16.0 Å². The van der Waals surface area contributed by atoms with Crippen LogP contribution in [0.4, 0.5) is 4.79 Å². The number of alkyl carbamates (subject to hydrolysis) is 1. The molecule has 3 atom stereocenters. The Bertz CT molecular complexity index is 1380. The Morgan fingerprint density at radius 3 is 1.64 bits per heavy atom. The number of esters is 1. The summed E-state index contributed by atoms with van der Waals surface area (Å²) in [4.78, 5) is 65.3. The van der Waals surface area contributed by atoms with E-state index in [0.29, 0.717) is 5.56 Å². The van der Waals surface area contributed by atoms with Crippen LogP contribution in [0.15, 0.2) is 91.0 Å². The van der Waals surface area contributed by atoms with E-state index in [1.807, 2.05) is 38.1 Å².